The van der Waals surface area contributed by atoms with Crippen LogP contribution >= 0.6 is 34.2 Å². The summed E-state index contributed by atoms with van der Waals surface area (Å²) in [6.07, 6.45) is 0. The number of hydrogen-bond donors (Lipinski definition) is 0. The molecule has 0 fully saturated rings. The van der Waals surface area contributed by atoms with E-state index >= 15 is 0 Å². The van der Waals surface area contributed by atoms with E-state index in [9.17, 15) is 0 Å². The summed E-state index contributed by atoms with van der Waals surface area (Å²) in [4.78, 5) is 4.61. The van der Waals surface area contributed by atoms with E-state index in [1.807, 2.05) is 42.5 Å². The van der Waals surface area contributed by atoms with Crippen molar-refractivity contribution in [1.29, 1.82) is 0 Å². The predicted molar refractivity (Wildman–Crippen MR) is 77.0 cm³/mol. The summed E-state index contributed by atoms with van der Waals surface area (Å²) < 4.78 is 1.14. The quantitative estimate of drug-likeness (QED) is 0.429. The van der Waals surface area contributed by atoms with Crippen LogP contribution in [0.2, 0.25) is 5.02 Å². The van der Waals surface area contributed by atoms with Gasteiger partial charge in [-0.05, 0) is 40.8 Å². The molecule has 1 aromatic heterocycles. The van der Waals surface area contributed by atoms with Crippen molar-refractivity contribution in [2.45, 2.75) is 0 Å². The van der Waals surface area contributed by atoms with Crippen molar-refractivity contribution in [1.82, 2.24) is 4.98 Å². The highest BCUT2D eigenvalue weighted by Gasteiger charge is 2.08. The van der Waals surface area contributed by atoms with Crippen LogP contribution in [0, 0.1) is 3.57 Å². The molecule has 0 atom stereocenters. The van der Waals surface area contributed by atoms with Gasteiger partial charge in [-0.2, -0.15) is 0 Å². The number of aromatic nitrogens is 1. The lowest BCUT2D eigenvalue weighted by atomic mass is 10.1. The smallest absolute Gasteiger partial charge is 0.0735 e. The Morgan fingerprint density at radius 3 is 2.56 bits per heavy atom. The Kier molecular flexibility index (Phi) is 2.48. The molecule has 0 bridgehead atoms. The molecule has 3 aromatic rings. The molecule has 0 N–H and O–H groups in total. The van der Waals surface area contributed by atoms with Crippen molar-refractivity contribution < 1.29 is 0 Å². The van der Waals surface area contributed by atoms with Gasteiger partial charge < -0.3 is 0 Å². The second kappa shape index (κ2) is 3.86. The second-order valence-corrected chi connectivity index (χ2v) is 5.12. The van der Waals surface area contributed by atoms with Crippen LogP contribution in [0.4, 0.5) is 0 Å². The molecule has 2 aromatic carbocycles. The minimum absolute atomic E-state index is 0.797. The number of para-hydroxylation sites is 1. The van der Waals surface area contributed by atoms with Gasteiger partial charge in [-0.25, -0.2) is 4.98 Å². The van der Waals surface area contributed by atoms with Gasteiger partial charge in [0.25, 0.3) is 0 Å². The van der Waals surface area contributed by atoms with Crippen molar-refractivity contribution in [3.8, 4) is 0 Å². The van der Waals surface area contributed by atoms with Crippen LogP contribution in [0.1, 0.15) is 0 Å². The molecule has 0 aliphatic carbocycles. The Hall–Kier alpha value is -0.870. The molecule has 0 saturated carbocycles. The van der Waals surface area contributed by atoms with E-state index in [4.69, 9.17) is 11.6 Å². The van der Waals surface area contributed by atoms with Crippen LogP contribution in [0.5, 0.6) is 0 Å². The Balaban J connectivity index is 2.62. The lowest BCUT2D eigenvalue weighted by Gasteiger charge is -2.06. The second-order valence-electron chi connectivity index (χ2n) is 3.58. The van der Waals surface area contributed by atoms with E-state index < -0.39 is 0 Å². The maximum Gasteiger partial charge on any atom is 0.0735 e. The van der Waals surface area contributed by atoms with Gasteiger partial charge in [0.05, 0.1) is 16.1 Å². The van der Waals surface area contributed by atoms with E-state index in [1.165, 1.54) is 0 Å². The zero-order valence-electron chi connectivity index (χ0n) is 8.24. The van der Waals surface area contributed by atoms with Crippen LogP contribution in [0.15, 0.2) is 42.5 Å². The number of nitrogens with zero attached hydrogens (tertiary/aromatic N) is 1. The fourth-order valence-corrected chi connectivity index (χ4v) is 3.12. The van der Waals surface area contributed by atoms with Crippen LogP contribution in [0.3, 0.4) is 0 Å². The molecule has 0 spiro atoms. The first-order chi connectivity index (χ1) is 7.77. The highest BCUT2D eigenvalue weighted by Crippen LogP contribution is 2.32. The third kappa shape index (κ3) is 1.48. The molecule has 0 saturated heterocycles. The van der Waals surface area contributed by atoms with E-state index in [0.717, 1.165) is 30.4 Å². The fraction of sp³-hybridized carbons (Fsp3) is 0. The molecule has 1 heterocycles. The fourth-order valence-electron chi connectivity index (χ4n) is 1.84. The van der Waals surface area contributed by atoms with Gasteiger partial charge in [0.15, 0.2) is 0 Å². The first-order valence-corrected chi connectivity index (χ1v) is 6.35. The number of pyridine rings is 1. The van der Waals surface area contributed by atoms with Gasteiger partial charge in [-0.3, -0.25) is 0 Å². The summed E-state index contributed by atoms with van der Waals surface area (Å²) in [7, 11) is 0. The minimum Gasteiger partial charge on any atom is -0.248 e. The zero-order chi connectivity index (χ0) is 11.1. The summed E-state index contributed by atoms with van der Waals surface area (Å²) in [5.74, 6) is 0. The number of benzene rings is 2. The molecule has 3 rings (SSSR count). The van der Waals surface area contributed by atoms with Crippen molar-refractivity contribution in [2.24, 2.45) is 0 Å². The summed E-state index contributed by atoms with van der Waals surface area (Å²) in [6, 6.07) is 14.0. The molecule has 1 nitrogen and oxygen atoms in total. The Morgan fingerprint density at radius 2 is 1.69 bits per heavy atom. The van der Waals surface area contributed by atoms with Crippen molar-refractivity contribution in [3.05, 3.63) is 51.1 Å². The topological polar surface area (TPSA) is 12.9 Å². The summed E-state index contributed by atoms with van der Waals surface area (Å²) in [5, 5.41) is 2.86. The van der Waals surface area contributed by atoms with E-state index in [1.54, 1.807) is 0 Å². The van der Waals surface area contributed by atoms with Crippen molar-refractivity contribution >= 4 is 56.0 Å². The summed E-state index contributed by atoms with van der Waals surface area (Å²) in [5.41, 5.74) is 1.90. The molecule has 0 aliphatic rings. The van der Waals surface area contributed by atoms with Crippen LogP contribution in [-0.2, 0) is 0 Å². The molecule has 0 unspecified atom stereocenters. The van der Waals surface area contributed by atoms with Crippen molar-refractivity contribution in [2.75, 3.05) is 0 Å². The molecule has 0 aliphatic heterocycles. The maximum absolute atomic E-state index is 6.43. The van der Waals surface area contributed by atoms with Gasteiger partial charge in [-0.15, -0.1) is 0 Å². The third-order valence-corrected chi connectivity index (χ3v) is 3.88. The van der Waals surface area contributed by atoms with E-state index in [0.29, 0.717) is 0 Å². The number of fused-ring (bicyclic) bond motifs is 2. The third-order valence-electron chi connectivity index (χ3n) is 2.59. The first-order valence-electron chi connectivity index (χ1n) is 4.90. The van der Waals surface area contributed by atoms with Gasteiger partial charge in [0, 0.05) is 14.3 Å². The molecule has 3 heteroatoms. The summed E-state index contributed by atoms with van der Waals surface area (Å²) in [6.45, 7) is 0. The predicted octanol–water partition coefficient (Wildman–Crippen LogP) is 4.65. The average molecular weight is 340 g/mol. The van der Waals surface area contributed by atoms with Gasteiger partial charge in [0.2, 0.25) is 0 Å². The standard InChI is InChI=1S/C13H7ClIN/c14-13-8-4-1-2-6-10(8)16-11-7-3-5-9(15)12(11)13/h1-7H. The molecule has 16 heavy (non-hydrogen) atoms. The zero-order valence-corrected chi connectivity index (χ0v) is 11.2. The lowest BCUT2D eigenvalue weighted by Crippen LogP contribution is -1.86. The van der Waals surface area contributed by atoms with Crippen LogP contribution in [-0.4, -0.2) is 4.98 Å². The molecular formula is C13H7ClIN. The van der Waals surface area contributed by atoms with E-state index in [-0.39, 0.29) is 0 Å². The van der Waals surface area contributed by atoms with Crippen molar-refractivity contribution in [3.63, 3.8) is 0 Å². The van der Waals surface area contributed by atoms with Gasteiger partial charge >= 0.3 is 0 Å². The molecule has 0 radical (unpaired) electrons. The van der Waals surface area contributed by atoms with Crippen LogP contribution < -0.4 is 0 Å². The Morgan fingerprint density at radius 1 is 0.938 bits per heavy atom. The largest absolute Gasteiger partial charge is 0.248 e. The van der Waals surface area contributed by atoms with Crippen LogP contribution in [0.25, 0.3) is 21.8 Å². The normalized spacial score (nSPS) is 11.1. The minimum atomic E-state index is 0.797. The highest BCUT2D eigenvalue weighted by atomic mass is 127. The number of halogens is 2. The Bertz CT molecular complexity index is 694. The van der Waals surface area contributed by atoms with Gasteiger partial charge in [-0.1, -0.05) is 35.9 Å². The average Bonchev–Trinajstić information content (AvgIpc) is 2.29. The van der Waals surface area contributed by atoms with Gasteiger partial charge in [0.1, 0.15) is 0 Å². The number of rotatable bonds is 0. The SMILES string of the molecule is Clc1c2ccccc2nc2cccc(I)c12. The Labute approximate surface area is 112 Å². The highest BCUT2D eigenvalue weighted by molar-refractivity contribution is 14.1. The lowest BCUT2D eigenvalue weighted by molar-refractivity contribution is 1.49. The summed E-state index contributed by atoms with van der Waals surface area (Å²) >= 11 is 8.73. The van der Waals surface area contributed by atoms with E-state index in [2.05, 4.69) is 27.6 Å². The first kappa shape index (κ1) is 10.3. The monoisotopic (exact) mass is 339 g/mol. The molecular weight excluding hydrogens is 333 g/mol. The number of hydrogen-bond acceptors (Lipinski definition) is 1. The molecule has 0 amide bonds. The molecule has 78 valence electrons. The maximum atomic E-state index is 6.43.